The van der Waals surface area contributed by atoms with Gasteiger partial charge in [-0.1, -0.05) is 358 Å². The highest BCUT2D eigenvalue weighted by atomic mass is 16.3. The maximum atomic E-state index is 7.26. The molecule has 23 aromatic carbocycles. The SMILES string of the molecule is c1ccc2c(c1)-c1ccccc1C21c2ccc3ccccc3c2-c2c1cc(-c1c3ccccc3c(-c3ccc4oc5c(-c6ccc7c8c(ccc7c6)C6(c7ccccc7-c7ccccc76)c6cc(-c7c9ccccc9c(-c9ccc%10oc%11cc%12ccccc%12cc%11c%10c9)c9ccccc79)c7ccccc7c6-8)cccc5c4c3)c3ccccc13)c1ccccc21. The van der Waals surface area contributed by atoms with E-state index in [2.05, 4.69) is 413 Å². The minimum absolute atomic E-state index is 0.558. The zero-order chi connectivity index (χ0) is 80.5. The van der Waals surface area contributed by atoms with Gasteiger partial charge in [-0.05, 0) is 291 Å². The van der Waals surface area contributed by atoms with E-state index in [-0.39, 0.29) is 0 Å². The van der Waals surface area contributed by atoms with Crippen molar-refractivity contribution in [3.05, 3.63) is 457 Å². The second-order valence-corrected chi connectivity index (χ2v) is 34.8. The summed E-state index contributed by atoms with van der Waals surface area (Å²) in [7, 11) is 0. The molecular formula is C122H68O2. The van der Waals surface area contributed by atoms with Crippen molar-refractivity contribution < 1.29 is 8.83 Å². The molecule has 29 rings (SSSR count). The zero-order valence-electron chi connectivity index (χ0n) is 67.1. The molecule has 0 atom stereocenters. The molecule has 2 heteroatoms. The van der Waals surface area contributed by atoms with Gasteiger partial charge in [0.25, 0.3) is 0 Å². The number of benzene rings is 23. The molecule has 124 heavy (non-hydrogen) atoms. The van der Waals surface area contributed by atoms with Crippen molar-refractivity contribution >= 4 is 141 Å². The zero-order valence-corrected chi connectivity index (χ0v) is 67.1. The van der Waals surface area contributed by atoms with Gasteiger partial charge in [0, 0.05) is 27.1 Å². The summed E-state index contributed by atoms with van der Waals surface area (Å²) in [6.07, 6.45) is 0. The van der Waals surface area contributed by atoms with Crippen LogP contribution >= 0.6 is 0 Å². The Morgan fingerprint density at radius 3 is 0.944 bits per heavy atom. The van der Waals surface area contributed by atoms with Crippen molar-refractivity contribution in [1.29, 1.82) is 0 Å². The van der Waals surface area contributed by atoms with E-state index in [1.165, 1.54) is 219 Å². The van der Waals surface area contributed by atoms with Crippen LogP contribution in [-0.2, 0) is 10.8 Å². The average molecular weight is 1570 g/mol. The van der Waals surface area contributed by atoms with Crippen LogP contribution in [0.15, 0.2) is 421 Å². The number of furan rings is 2. The van der Waals surface area contributed by atoms with E-state index in [0.29, 0.717) is 0 Å². The summed E-state index contributed by atoms with van der Waals surface area (Å²) in [6, 6.07) is 157. The fourth-order valence-electron chi connectivity index (χ4n) is 24.4. The number of fused-ring (bicyclic) bond motifs is 39. The Hall–Kier alpha value is -16.0. The molecule has 2 heterocycles. The van der Waals surface area contributed by atoms with Crippen LogP contribution < -0.4 is 0 Å². The molecule has 0 amide bonds. The maximum absolute atomic E-state index is 7.26. The lowest BCUT2D eigenvalue weighted by molar-refractivity contribution is 0.669. The van der Waals surface area contributed by atoms with Crippen LogP contribution in [0.2, 0.25) is 0 Å². The Balaban J connectivity index is 0.598. The molecule has 4 aliphatic rings. The average Bonchev–Trinajstić information content (AvgIpc) is 1.50. The normalized spacial score (nSPS) is 13.6. The van der Waals surface area contributed by atoms with Crippen LogP contribution in [-0.4, -0.2) is 0 Å². The van der Waals surface area contributed by atoms with Gasteiger partial charge >= 0.3 is 0 Å². The Bertz CT molecular complexity index is 9010. The molecule has 0 saturated carbocycles. The Morgan fingerprint density at radius 1 is 0.137 bits per heavy atom. The van der Waals surface area contributed by atoms with Crippen molar-refractivity contribution in [3.63, 3.8) is 0 Å². The largest absolute Gasteiger partial charge is 0.456 e. The number of para-hydroxylation sites is 1. The minimum Gasteiger partial charge on any atom is -0.456 e. The summed E-state index contributed by atoms with van der Waals surface area (Å²) in [4.78, 5) is 0. The third-order valence-corrected chi connectivity index (χ3v) is 29.2. The van der Waals surface area contributed by atoms with Gasteiger partial charge in [0.2, 0.25) is 0 Å². The molecule has 2 spiro atoms. The van der Waals surface area contributed by atoms with E-state index in [1.54, 1.807) is 0 Å². The van der Waals surface area contributed by atoms with Crippen LogP contribution in [0.1, 0.15) is 44.5 Å². The van der Waals surface area contributed by atoms with Gasteiger partial charge in [-0.3, -0.25) is 0 Å². The smallest absolute Gasteiger partial charge is 0.143 e. The topological polar surface area (TPSA) is 26.3 Å². The number of hydrogen-bond acceptors (Lipinski definition) is 2. The van der Waals surface area contributed by atoms with Gasteiger partial charge in [-0.25, -0.2) is 0 Å². The lowest BCUT2D eigenvalue weighted by Gasteiger charge is -2.31. The van der Waals surface area contributed by atoms with Crippen molar-refractivity contribution in [2.75, 3.05) is 0 Å². The first-order valence-corrected chi connectivity index (χ1v) is 43.3. The van der Waals surface area contributed by atoms with Crippen LogP contribution in [0, 0.1) is 0 Å². The molecule has 25 aromatic rings. The quantitative estimate of drug-likeness (QED) is 0.161. The summed E-state index contributed by atoms with van der Waals surface area (Å²) in [6.45, 7) is 0. The minimum atomic E-state index is -0.649. The Kier molecular flexibility index (Phi) is 13.2. The van der Waals surface area contributed by atoms with E-state index in [0.717, 1.165) is 66.1 Å². The van der Waals surface area contributed by atoms with Gasteiger partial charge in [0.05, 0.1) is 10.8 Å². The van der Waals surface area contributed by atoms with Gasteiger partial charge < -0.3 is 8.83 Å². The summed E-state index contributed by atoms with van der Waals surface area (Å²) in [5.41, 5.74) is 35.1. The Morgan fingerprint density at radius 2 is 0.468 bits per heavy atom. The van der Waals surface area contributed by atoms with E-state index in [4.69, 9.17) is 8.83 Å². The molecule has 2 aromatic heterocycles. The first-order valence-electron chi connectivity index (χ1n) is 43.3. The lowest BCUT2D eigenvalue weighted by atomic mass is 9.69. The van der Waals surface area contributed by atoms with Crippen LogP contribution in [0.5, 0.6) is 0 Å². The van der Waals surface area contributed by atoms with E-state index in [9.17, 15) is 0 Å². The predicted molar refractivity (Wildman–Crippen MR) is 518 cm³/mol. The van der Waals surface area contributed by atoms with Gasteiger partial charge in [-0.2, -0.15) is 0 Å². The van der Waals surface area contributed by atoms with Crippen LogP contribution in [0.25, 0.3) is 241 Å². The highest BCUT2D eigenvalue weighted by molar-refractivity contribution is 6.30. The van der Waals surface area contributed by atoms with E-state index >= 15 is 0 Å². The van der Waals surface area contributed by atoms with Gasteiger partial charge in [0.1, 0.15) is 22.3 Å². The number of rotatable bonds is 5. The molecule has 0 bridgehead atoms. The van der Waals surface area contributed by atoms with Crippen LogP contribution in [0.3, 0.4) is 0 Å². The maximum Gasteiger partial charge on any atom is 0.143 e. The third-order valence-electron chi connectivity index (χ3n) is 29.2. The molecule has 0 aliphatic heterocycles. The lowest BCUT2D eigenvalue weighted by Crippen LogP contribution is -2.26. The van der Waals surface area contributed by atoms with Crippen molar-refractivity contribution in [2.45, 2.75) is 10.8 Å². The molecule has 0 unspecified atom stereocenters. The fourth-order valence-corrected chi connectivity index (χ4v) is 24.4. The fraction of sp³-hybridized carbons (Fsp3) is 0.0164. The predicted octanol–water partition coefficient (Wildman–Crippen LogP) is 32.9. The van der Waals surface area contributed by atoms with E-state index in [1.807, 2.05) is 0 Å². The first kappa shape index (κ1) is 66.9. The summed E-state index contributed by atoms with van der Waals surface area (Å²) < 4.78 is 13.9. The summed E-state index contributed by atoms with van der Waals surface area (Å²) >= 11 is 0. The van der Waals surface area contributed by atoms with Crippen molar-refractivity contribution in [1.82, 2.24) is 0 Å². The molecule has 0 saturated heterocycles. The highest BCUT2D eigenvalue weighted by Crippen LogP contribution is 2.69. The van der Waals surface area contributed by atoms with Gasteiger partial charge in [-0.15, -0.1) is 0 Å². The highest BCUT2D eigenvalue weighted by Gasteiger charge is 2.55. The van der Waals surface area contributed by atoms with E-state index < -0.39 is 10.8 Å². The molecule has 4 aliphatic carbocycles. The molecular weight excluding hydrogens is 1500 g/mol. The van der Waals surface area contributed by atoms with Crippen LogP contribution in [0.4, 0.5) is 0 Å². The van der Waals surface area contributed by atoms with Gasteiger partial charge in [0.15, 0.2) is 0 Å². The monoisotopic (exact) mass is 1560 g/mol. The summed E-state index contributed by atoms with van der Waals surface area (Å²) in [5.74, 6) is 0. The molecule has 0 fully saturated rings. The second kappa shape index (κ2) is 24.4. The molecule has 0 radical (unpaired) electrons. The molecule has 2 nitrogen and oxygen atoms in total. The molecule has 0 N–H and O–H groups in total. The first-order chi connectivity index (χ1) is 61.5. The standard InChI is InChI=1S/C122H68O2/c1-2-28-71-66-111-98(63-70(71)27-1)97-65-75(55-60-109(97)123-111)113-89-40-11-15-44-93(89)115(94-45-16-12-41-90(94)113)100-68-108-119(86-37-8-6-31-80(86)100)117-77-57-52-73(62-72(77)54-59-106(117)122(108)103-50-23-19-34-83(103)84-35-20-24-51-104(84)122)78-46-25-47-95-96-64-74(56-61-110(96)124-120(78)95)112-87-38-9-13-42-91(87)114(92-43-14-10-39-88(92)112)99-67-107-118(85-36-7-5-30-79(85)99)116-76-29-4-3-26-69(76)53-58-105(116)121(107)101-48-21-17-32-81(101)82-33-18-22-49-102(82)121/h1-68H. The summed E-state index contributed by atoms with van der Waals surface area (Å²) in [5, 5.41) is 26.4. The Labute approximate surface area is 712 Å². The molecule has 568 valence electrons. The second-order valence-electron chi connectivity index (χ2n) is 34.8. The van der Waals surface area contributed by atoms with Crippen molar-refractivity contribution in [2.24, 2.45) is 0 Å². The number of hydrogen-bond donors (Lipinski definition) is 0. The van der Waals surface area contributed by atoms with Crippen molar-refractivity contribution in [3.8, 4) is 100 Å². The third kappa shape index (κ3) is 8.49.